The first-order valence-electron chi connectivity index (χ1n) is 5.03. The normalized spacial score (nSPS) is 10.2. The van der Waals surface area contributed by atoms with Crippen molar-refractivity contribution in [1.29, 1.82) is 0 Å². The Morgan fingerprint density at radius 2 is 2.29 bits per heavy atom. The summed E-state index contributed by atoms with van der Waals surface area (Å²) in [6.45, 7) is 1.75. The smallest absolute Gasteiger partial charge is 0.426 e. The highest BCUT2D eigenvalue weighted by Gasteiger charge is 2.13. The minimum absolute atomic E-state index is 0.605. The largest absolute Gasteiger partial charge is 0.464 e. The second kappa shape index (κ2) is 4.25. The summed E-state index contributed by atoms with van der Waals surface area (Å²) < 4.78 is 1.48. The third-order valence-electron chi connectivity index (χ3n) is 2.42. The van der Waals surface area contributed by atoms with E-state index in [9.17, 15) is 4.79 Å². The summed E-state index contributed by atoms with van der Waals surface area (Å²) in [4.78, 5) is 19.2. The fourth-order valence-corrected chi connectivity index (χ4v) is 1.51. The first-order chi connectivity index (χ1) is 8.09. The van der Waals surface area contributed by atoms with E-state index in [1.54, 1.807) is 25.5 Å². The van der Waals surface area contributed by atoms with Crippen LogP contribution < -0.4 is 5.01 Å². The molecule has 88 valence electrons. The average molecular weight is 232 g/mol. The zero-order valence-electron chi connectivity index (χ0n) is 9.53. The Labute approximate surface area is 98.1 Å². The summed E-state index contributed by atoms with van der Waals surface area (Å²) in [7, 11) is 1.46. The van der Waals surface area contributed by atoms with E-state index in [0.717, 1.165) is 10.6 Å². The molecular weight excluding hydrogens is 220 g/mol. The monoisotopic (exact) mass is 232 g/mol. The predicted molar refractivity (Wildman–Crippen MR) is 62.4 cm³/mol. The molecular formula is C11H12N4O2. The molecule has 0 saturated heterocycles. The number of pyridine rings is 1. The first kappa shape index (κ1) is 11.1. The zero-order valence-corrected chi connectivity index (χ0v) is 9.53. The fraction of sp³-hybridized carbons (Fsp3) is 0.182. The van der Waals surface area contributed by atoms with Gasteiger partial charge in [0.25, 0.3) is 0 Å². The van der Waals surface area contributed by atoms with Gasteiger partial charge >= 0.3 is 6.09 Å². The molecule has 6 nitrogen and oxygen atoms in total. The molecule has 17 heavy (non-hydrogen) atoms. The Bertz CT molecular complexity index is 536. The molecule has 0 saturated carbocycles. The molecule has 0 aliphatic carbocycles. The number of carboxylic acid groups (broad SMARTS) is 1. The molecule has 0 fully saturated rings. The van der Waals surface area contributed by atoms with Crippen LogP contribution in [0.4, 0.5) is 4.79 Å². The molecule has 0 atom stereocenters. The number of hydrogen-bond acceptors (Lipinski definition) is 3. The summed E-state index contributed by atoms with van der Waals surface area (Å²) >= 11 is 0. The van der Waals surface area contributed by atoms with Crippen molar-refractivity contribution in [2.75, 3.05) is 12.1 Å². The van der Waals surface area contributed by atoms with Gasteiger partial charge < -0.3 is 5.11 Å². The van der Waals surface area contributed by atoms with Crippen molar-refractivity contribution < 1.29 is 9.90 Å². The van der Waals surface area contributed by atoms with Crippen LogP contribution in [-0.2, 0) is 0 Å². The Kier molecular flexibility index (Phi) is 2.78. The SMILES string of the molecule is Cc1nc(-c2cccnc2)cn1N(C)C(=O)O. The number of rotatable bonds is 2. The maximum absolute atomic E-state index is 10.9. The molecule has 1 N–H and O–H groups in total. The first-order valence-corrected chi connectivity index (χ1v) is 5.03. The quantitative estimate of drug-likeness (QED) is 0.851. The van der Waals surface area contributed by atoms with Gasteiger partial charge in [-0.15, -0.1) is 0 Å². The summed E-state index contributed by atoms with van der Waals surface area (Å²) in [5, 5.41) is 9.98. The lowest BCUT2D eigenvalue weighted by atomic mass is 10.2. The number of imidazole rings is 1. The topological polar surface area (TPSA) is 71.2 Å². The Morgan fingerprint density at radius 1 is 1.53 bits per heavy atom. The third-order valence-corrected chi connectivity index (χ3v) is 2.42. The van der Waals surface area contributed by atoms with Gasteiger partial charge in [0, 0.05) is 25.0 Å². The van der Waals surface area contributed by atoms with Crippen LogP contribution in [0.15, 0.2) is 30.7 Å². The molecule has 0 aromatic carbocycles. The summed E-state index contributed by atoms with van der Waals surface area (Å²) in [6, 6.07) is 3.68. The van der Waals surface area contributed by atoms with Crippen molar-refractivity contribution in [1.82, 2.24) is 14.6 Å². The number of nitrogens with zero attached hydrogens (tertiary/aromatic N) is 4. The molecule has 2 rings (SSSR count). The fourth-order valence-electron chi connectivity index (χ4n) is 1.51. The van der Waals surface area contributed by atoms with Crippen molar-refractivity contribution in [3.05, 3.63) is 36.5 Å². The third kappa shape index (κ3) is 2.10. The average Bonchev–Trinajstić information content (AvgIpc) is 2.71. The highest BCUT2D eigenvalue weighted by atomic mass is 16.4. The van der Waals surface area contributed by atoms with Crippen LogP contribution in [0.1, 0.15) is 5.82 Å². The summed E-state index contributed by atoms with van der Waals surface area (Å²) in [6.07, 6.45) is 3.99. The van der Waals surface area contributed by atoms with Crippen molar-refractivity contribution >= 4 is 6.09 Å². The maximum atomic E-state index is 10.9. The molecule has 1 amide bonds. The minimum atomic E-state index is -1.04. The van der Waals surface area contributed by atoms with Crippen LogP contribution in [0.2, 0.25) is 0 Å². The standard InChI is InChI=1S/C11H12N4O2/c1-8-13-10(9-4-3-5-12-6-9)7-15(8)14(2)11(16)17/h3-7H,1-2H3,(H,16,17). The van der Waals surface area contributed by atoms with Crippen molar-refractivity contribution in [2.45, 2.75) is 6.92 Å². The van der Waals surface area contributed by atoms with Crippen LogP contribution in [0.25, 0.3) is 11.3 Å². The Hall–Kier alpha value is -2.37. The molecule has 2 heterocycles. The molecule has 0 spiro atoms. The summed E-state index contributed by atoms with van der Waals surface area (Å²) in [5.41, 5.74) is 1.55. The Morgan fingerprint density at radius 3 is 2.88 bits per heavy atom. The number of amides is 1. The van der Waals surface area contributed by atoms with E-state index in [4.69, 9.17) is 5.11 Å². The van der Waals surface area contributed by atoms with Crippen molar-refractivity contribution in [3.8, 4) is 11.3 Å². The van der Waals surface area contributed by atoms with Gasteiger partial charge in [-0.25, -0.2) is 19.5 Å². The van der Waals surface area contributed by atoms with Crippen LogP contribution in [0.3, 0.4) is 0 Å². The molecule has 0 aliphatic rings. The van der Waals surface area contributed by atoms with Gasteiger partial charge in [0.05, 0.1) is 11.9 Å². The lowest BCUT2D eigenvalue weighted by Crippen LogP contribution is -2.35. The molecule has 0 unspecified atom stereocenters. The number of hydrogen-bond donors (Lipinski definition) is 1. The number of aryl methyl sites for hydroxylation is 1. The van der Waals surface area contributed by atoms with E-state index in [2.05, 4.69) is 9.97 Å². The summed E-state index contributed by atoms with van der Waals surface area (Å²) in [5.74, 6) is 0.605. The number of carbonyl (C=O) groups is 1. The van der Waals surface area contributed by atoms with Crippen LogP contribution >= 0.6 is 0 Å². The minimum Gasteiger partial charge on any atom is -0.464 e. The van der Waals surface area contributed by atoms with E-state index in [1.165, 1.54) is 11.7 Å². The van der Waals surface area contributed by atoms with Gasteiger partial charge in [0.15, 0.2) is 0 Å². The van der Waals surface area contributed by atoms with Crippen LogP contribution in [0.5, 0.6) is 0 Å². The molecule has 6 heteroatoms. The van der Waals surface area contributed by atoms with E-state index < -0.39 is 6.09 Å². The van der Waals surface area contributed by atoms with Gasteiger partial charge in [0.2, 0.25) is 0 Å². The lowest BCUT2D eigenvalue weighted by molar-refractivity contribution is 0.196. The maximum Gasteiger partial charge on any atom is 0.426 e. The highest BCUT2D eigenvalue weighted by molar-refractivity contribution is 5.76. The highest BCUT2D eigenvalue weighted by Crippen LogP contribution is 2.16. The molecule has 2 aromatic rings. The molecule has 0 bridgehead atoms. The van der Waals surface area contributed by atoms with Gasteiger partial charge in [-0.3, -0.25) is 4.98 Å². The molecule has 0 aliphatic heterocycles. The van der Waals surface area contributed by atoms with E-state index in [1.807, 2.05) is 12.1 Å². The van der Waals surface area contributed by atoms with Crippen LogP contribution in [0, 0.1) is 6.92 Å². The number of aromatic nitrogens is 3. The zero-order chi connectivity index (χ0) is 12.4. The van der Waals surface area contributed by atoms with Crippen molar-refractivity contribution in [2.24, 2.45) is 0 Å². The second-order valence-corrected chi connectivity index (χ2v) is 3.57. The van der Waals surface area contributed by atoms with E-state index in [-0.39, 0.29) is 0 Å². The van der Waals surface area contributed by atoms with E-state index in [0.29, 0.717) is 11.5 Å². The Balaban J connectivity index is 2.41. The molecule has 2 aromatic heterocycles. The van der Waals surface area contributed by atoms with Crippen LogP contribution in [-0.4, -0.2) is 32.9 Å². The second-order valence-electron chi connectivity index (χ2n) is 3.57. The van der Waals surface area contributed by atoms with Gasteiger partial charge in [-0.2, -0.15) is 0 Å². The van der Waals surface area contributed by atoms with Gasteiger partial charge in [-0.05, 0) is 19.1 Å². The lowest BCUT2D eigenvalue weighted by Gasteiger charge is -2.14. The van der Waals surface area contributed by atoms with E-state index >= 15 is 0 Å². The van der Waals surface area contributed by atoms with Gasteiger partial charge in [0.1, 0.15) is 5.82 Å². The van der Waals surface area contributed by atoms with Crippen molar-refractivity contribution in [3.63, 3.8) is 0 Å². The molecule has 0 radical (unpaired) electrons. The predicted octanol–water partition coefficient (Wildman–Crippen LogP) is 1.50. The van der Waals surface area contributed by atoms with Gasteiger partial charge in [-0.1, -0.05) is 0 Å².